The topological polar surface area (TPSA) is 80.8 Å². The molecule has 184 valence electrons. The molecule has 5 rings (SSSR count). The minimum Gasteiger partial charge on any atom is -0.478 e. The molecule has 0 saturated carbocycles. The molecule has 1 fully saturated rings. The van der Waals surface area contributed by atoms with Gasteiger partial charge in [0.05, 0.1) is 11.1 Å². The average Bonchev–Trinajstić information content (AvgIpc) is 3.34. The lowest BCUT2D eigenvalue weighted by Gasteiger charge is -2.40. The van der Waals surface area contributed by atoms with E-state index in [-0.39, 0.29) is 11.1 Å². The van der Waals surface area contributed by atoms with Gasteiger partial charge < -0.3 is 15.1 Å². The Bertz CT molecular complexity index is 1440. The van der Waals surface area contributed by atoms with Gasteiger partial charge in [0.25, 0.3) is 0 Å². The van der Waals surface area contributed by atoms with E-state index in [0.29, 0.717) is 5.56 Å². The molecular formula is C29H31N2O4Si+. The molecule has 7 heteroatoms. The molecule has 1 saturated heterocycles. The number of hydrogen-bond donors (Lipinski definition) is 2. The van der Waals surface area contributed by atoms with Crippen LogP contribution in [0.3, 0.4) is 0 Å². The third kappa shape index (κ3) is 3.66. The Kier molecular flexibility index (Phi) is 5.83. The van der Waals surface area contributed by atoms with E-state index in [4.69, 9.17) is 0 Å². The van der Waals surface area contributed by atoms with E-state index < -0.39 is 20.0 Å². The zero-order chi connectivity index (χ0) is 25.8. The lowest BCUT2D eigenvalue weighted by molar-refractivity contribution is -0.462. The van der Waals surface area contributed by atoms with Crippen LogP contribution in [0.5, 0.6) is 0 Å². The van der Waals surface area contributed by atoms with E-state index >= 15 is 0 Å². The molecule has 0 atom stereocenters. The first-order chi connectivity index (χ1) is 17.1. The molecule has 1 spiro atoms. The molecular weight excluding hydrogens is 468 g/mol. The van der Waals surface area contributed by atoms with E-state index in [9.17, 15) is 19.8 Å². The second-order valence-corrected chi connectivity index (χ2v) is 14.5. The van der Waals surface area contributed by atoms with Crippen molar-refractivity contribution in [1.29, 1.82) is 0 Å². The van der Waals surface area contributed by atoms with Gasteiger partial charge in [-0.3, -0.25) is 0 Å². The maximum atomic E-state index is 12.3. The monoisotopic (exact) mass is 499 g/mol. The molecule has 2 aromatic rings. The maximum Gasteiger partial charge on any atom is 0.336 e. The van der Waals surface area contributed by atoms with Crippen LogP contribution in [0.2, 0.25) is 12.1 Å². The van der Waals surface area contributed by atoms with Gasteiger partial charge >= 0.3 is 11.9 Å². The van der Waals surface area contributed by atoms with Gasteiger partial charge in [-0.05, 0) is 81.2 Å². The Hall–Kier alpha value is -3.71. The lowest BCUT2D eigenvalue weighted by Crippen LogP contribution is -2.52. The number of benzene rings is 2. The zero-order valence-corrected chi connectivity index (χ0v) is 22.1. The van der Waals surface area contributed by atoms with Gasteiger partial charge in [0.15, 0.2) is 5.71 Å². The molecule has 2 N–H and O–H groups in total. The summed E-state index contributed by atoms with van der Waals surface area (Å²) < 4.78 is 2.11. The van der Waals surface area contributed by atoms with Crippen molar-refractivity contribution in [3.8, 4) is 0 Å². The Balaban J connectivity index is 1.93. The average molecular weight is 500 g/mol. The van der Waals surface area contributed by atoms with Gasteiger partial charge in [0.2, 0.25) is 0 Å². The van der Waals surface area contributed by atoms with Gasteiger partial charge in [0, 0.05) is 31.9 Å². The highest BCUT2D eigenvalue weighted by atomic mass is 28.3. The van der Waals surface area contributed by atoms with Gasteiger partial charge in [0.1, 0.15) is 22.2 Å². The van der Waals surface area contributed by atoms with Crippen molar-refractivity contribution in [3.63, 3.8) is 0 Å². The number of hydrogen-bond acceptors (Lipinski definition) is 3. The normalized spacial score (nSPS) is 17.6. The molecule has 1 aliphatic carbocycles. The third-order valence-electron chi connectivity index (χ3n) is 7.83. The number of carboxylic acids is 2. The molecule has 3 aliphatic rings. The summed E-state index contributed by atoms with van der Waals surface area (Å²) in [7, 11) is 6.04. The van der Waals surface area contributed by atoms with Crippen LogP contribution in [0.15, 0.2) is 65.4 Å². The van der Waals surface area contributed by atoms with Crippen LogP contribution in [0.1, 0.15) is 44.7 Å². The van der Waals surface area contributed by atoms with Crippen LogP contribution in [0.4, 0.5) is 5.69 Å². The van der Waals surface area contributed by atoms with E-state index in [1.54, 1.807) is 0 Å². The van der Waals surface area contributed by atoms with Crippen molar-refractivity contribution in [2.45, 2.75) is 24.9 Å². The van der Waals surface area contributed by atoms with Crippen molar-refractivity contribution in [2.24, 2.45) is 0 Å². The summed E-state index contributed by atoms with van der Waals surface area (Å²) in [6.07, 6.45) is 8.88. The molecule has 0 aromatic heterocycles. The maximum absolute atomic E-state index is 12.3. The second-order valence-electron chi connectivity index (χ2n) is 10.3. The standard InChI is InChI=1S/C29H30N2O4Si/c1-30(2)19-8-11-22-25(16-19)36(13-5-6-14-36)26-17-20(31(3)4)9-12-23(26)27(22)24-15-18(28(32)33)7-10-21(24)29(34)35/h7-12,15-17H,5-6,13-14H2,1-4H3,(H-,32,33,34,35)/p+1. The molecule has 2 heterocycles. The number of allylic oxidation sites excluding steroid dienone is 5. The summed E-state index contributed by atoms with van der Waals surface area (Å²) in [4.78, 5) is 26.3. The zero-order valence-electron chi connectivity index (χ0n) is 21.1. The van der Waals surface area contributed by atoms with Gasteiger partial charge in [-0.1, -0.05) is 18.9 Å². The Morgan fingerprint density at radius 1 is 0.917 bits per heavy atom. The number of rotatable bonds is 4. The van der Waals surface area contributed by atoms with Crippen molar-refractivity contribution in [3.05, 3.63) is 87.6 Å². The number of anilines is 1. The molecule has 6 nitrogen and oxygen atoms in total. The molecule has 0 radical (unpaired) electrons. The van der Waals surface area contributed by atoms with E-state index in [0.717, 1.165) is 40.2 Å². The molecule has 2 aromatic carbocycles. The van der Waals surface area contributed by atoms with Crippen LogP contribution >= 0.6 is 0 Å². The van der Waals surface area contributed by atoms with Crippen molar-refractivity contribution < 1.29 is 24.4 Å². The van der Waals surface area contributed by atoms with E-state index in [1.807, 2.05) is 28.2 Å². The van der Waals surface area contributed by atoms with Crippen molar-refractivity contribution >= 4 is 42.2 Å². The summed E-state index contributed by atoms with van der Waals surface area (Å²) in [5, 5.41) is 22.5. The highest BCUT2D eigenvalue weighted by molar-refractivity contribution is 7.00. The van der Waals surface area contributed by atoms with Crippen LogP contribution in [0.25, 0.3) is 5.57 Å². The molecule has 0 unspecified atom stereocenters. The van der Waals surface area contributed by atoms with Crippen molar-refractivity contribution in [2.75, 3.05) is 33.1 Å². The Morgan fingerprint density at radius 2 is 1.64 bits per heavy atom. The fraction of sp³-hybridized carbons (Fsp3) is 0.276. The largest absolute Gasteiger partial charge is 0.478 e. The number of carbonyl (C=O) groups is 2. The van der Waals surface area contributed by atoms with E-state index in [2.05, 4.69) is 45.9 Å². The smallest absolute Gasteiger partial charge is 0.336 e. The lowest BCUT2D eigenvalue weighted by atomic mass is 9.86. The summed E-state index contributed by atoms with van der Waals surface area (Å²) in [5.41, 5.74) is 5.81. The summed E-state index contributed by atoms with van der Waals surface area (Å²) in [5.74, 6) is -2.14. The Morgan fingerprint density at radius 3 is 2.25 bits per heavy atom. The first-order valence-corrected chi connectivity index (χ1v) is 14.7. The third-order valence-corrected chi connectivity index (χ3v) is 13.1. The molecule has 0 bridgehead atoms. The Labute approximate surface area is 212 Å². The number of carboxylic acid groups (broad SMARTS) is 2. The SMILES string of the molecule is CN(C)c1ccc2c(c1)[Si]1(CCCC1)C1=CC(=[N+](C)C)C=CC1=C2c1cc(C(=O)O)ccc1C(=O)O. The van der Waals surface area contributed by atoms with Gasteiger partial charge in [-0.2, -0.15) is 0 Å². The predicted octanol–water partition coefficient (Wildman–Crippen LogP) is 4.16. The summed E-state index contributed by atoms with van der Waals surface area (Å²) >= 11 is 0. The second kappa shape index (κ2) is 8.75. The fourth-order valence-corrected chi connectivity index (χ4v) is 11.6. The minimum absolute atomic E-state index is 0.0822. The predicted molar refractivity (Wildman–Crippen MR) is 146 cm³/mol. The summed E-state index contributed by atoms with van der Waals surface area (Å²) in [6, 6.07) is 13.2. The minimum atomic E-state index is -2.11. The molecule has 36 heavy (non-hydrogen) atoms. The fourth-order valence-electron chi connectivity index (χ4n) is 6.02. The van der Waals surface area contributed by atoms with Crippen LogP contribution < -0.4 is 10.1 Å². The van der Waals surface area contributed by atoms with Crippen molar-refractivity contribution in [1.82, 2.24) is 0 Å². The first-order valence-electron chi connectivity index (χ1n) is 12.3. The van der Waals surface area contributed by atoms with Gasteiger partial charge in [-0.15, -0.1) is 0 Å². The molecule has 0 amide bonds. The first kappa shape index (κ1) is 24.0. The van der Waals surface area contributed by atoms with Gasteiger partial charge in [-0.25, -0.2) is 14.2 Å². The van der Waals surface area contributed by atoms with Crippen LogP contribution in [-0.2, 0) is 0 Å². The van der Waals surface area contributed by atoms with E-state index in [1.165, 1.54) is 41.4 Å². The number of fused-ring (bicyclic) bond motifs is 4. The summed E-state index contributed by atoms with van der Waals surface area (Å²) in [6.45, 7) is 0. The number of aromatic carboxylic acids is 2. The van der Waals surface area contributed by atoms with Crippen LogP contribution in [-0.4, -0.2) is 68.7 Å². The molecule has 2 aliphatic heterocycles. The number of nitrogens with zero attached hydrogens (tertiary/aromatic N) is 2. The quantitative estimate of drug-likeness (QED) is 0.488. The van der Waals surface area contributed by atoms with Crippen LogP contribution in [0, 0.1) is 0 Å². The highest BCUT2D eigenvalue weighted by Gasteiger charge is 2.49. The highest BCUT2D eigenvalue weighted by Crippen LogP contribution is 2.48.